The predicted molar refractivity (Wildman–Crippen MR) is 48.3 cm³/mol. The van der Waals surface area contributed by atoms with Gasteiger partial charge in [-0.05, 0) is 19.9 Å². The predicted octanol–water partition coefficient (Wildman–Crippen LogP) is 1.70. The van der Waals surface area contributed by atoms with Gasteiger partial charge in [-0.1, -0.05) is 0 Å². The highest BCUT2D eigenvalue weighted by Gasteiger charge is 2.07. The molecule has 0 aromatic heterocycles. The summed E-state index contributed by atoms with van der Waals surface area (Å²) in [6, 6.07) is 0.978. The lowest BCUT2D eigenvalue weighted by atomic mass is 10.8. The zero-order valence-electron chi connectivity index (χ0n) is 7.10. The van der Waals surface area contributed by atoms with E-state index < -0.39 is 0 Å². The quantitative estimate of drug-likeness (QED) is 0.349. The fraction of sp³-hybridized carbons (Fsp3) is 1.00. The van der Waals surface area contributed by atoms with Gasteiger partial charge in [0.05, 0.1) is 0 Å². The van der Waals surface area contributed by atoms with Crippen molar-refractivity contribution in [3.8, 4) is 0 Å². The first-order chi connectivity index (χ1) is 5.35. The third-order valence-corrected chi connectivity index (χ3v) is 2.75. The molecular formula is C7H15ClO2Si. The van der Waals surface area contributed by atoms with Gasteiger partial charge in [-0.3, -0.25) is 0 Å². The van der Waals surface area contributed by atoms with Gasteiger partial charge in [0.1, 0.15) is 15.4 Å². The molecule has 0 aliphatic heterocycles. The summed E-state index contributed by atoms with van der Waals surface area (Å²) in [5.74, 6) is 0.665. The Kier molecular flexibility index (Phi) is 8.85. The van der Waals surface area contributed by atoms with Crippen molar-refractivity contribution < 1.29 is 9.47 Å². The molecule has 0 N–H and O–H groups in total. The zero-order chi connectivity index (χ0) is 8.53. The van der Waals surface area contributed by atoms with Gasteiger partial charge in [0.25, 0.3) is 0 Å². The first-order valence-corrected chi connectivity index (χ1v) is 5.69. The molecule has 11 heavy (non-hydrogen) atoms. The summed E-state index contributed by atoms with van der Waals surface area (Å²) in [5, 5.41) is 0. The minimum atomic E-state index is -0.0243. The maximum atomic E-state index is 5.54. The smallest absolute Gasteiger partial charge is 0.137 e. The summed E-state index contributed by atoms with van der Waals surface area (Å²) in [6.45, 7) is 5.36. The van der Waals surface area contributed by atoms with Crippen molar-refractivity contribution in [2.24, 2.45) is 0 Å². The van der Waals surface area contributed by atoms with Gasteiger partial charge in [-0.25, -0.2) is 0 Å². The molecule has 0 saturated carbocycles. The van der Waals surface area contributed by atoms with Crippen molar-refractivity contribution in [2.45, 2.75) is 25.8 Å². The van der Waals surface area contributed by atoms with E-state index >= 15 is 0 Å². The lowest BCUT2D eigenvalue weighted by Crippen LogP contribution is -2.24. The fourth-order valence-electron chi connectivity index (χ4n) is 0.641. The van der Waals surface area contributed by atoms with Crippen LogP contribution in [0.15, 0.2) is 0 Å². The van der Waals surface area contributed by atoms with Crippen LogP contribution in [0.2, 0.25) is 6.04 Å². The van der Waals surface area contributed by atoms with Crippen LogP contribution in [0.3, 0.4) is 0 Å². The second-order valence-corrected chi connectivity index (χ2v) is 3.64. The summed E-state index contributed by atoms with van der Waals surface area (Å²) in [7, 11) is 0.661. The highest BCUT2D eigenvalue weighted by molar-refractivity contribution is 6.38. The van der Waals surface area contributed by atoms with Crippen molar-refractivity contribution >= 4 is 21.1 Å². The van der Waals surface area contributed by atoms with Crippen molar-refractivity contribution in [2.75, 3.05) is 19.1 Å². The van der Waals surface area contributed by atoms with Gasteiger partial charge >= 0.3 is 0 Å². The lowest BCUT2D eigenvalue weighted by molar-refractivity contribution is -0.0826. The Hall–Kier alpha value is 0.427. The molecule has 0 saturated heterocycles. The van der Waals surface area contributed by atoms with Crippen molar-refractivity contribution in [3.05, 3.63) is 0 Å². The maximum Gasteiger partial charge on any atom is 0.137 e. The fourth-order valence-corrected chi connectivity index (χ4v) is 1.88. The Balaban J connectivity index is 3.34. The van der Waals surface area contributed by atoms with Crippen LogP contribution < -0.4 is 0 Å². The Bertz CT molecular complexity index is 76.8. The monoisotopic (exact) mass is 194 g/mol. The Morgan fingerprint density at radius 2 is 1.82 bits per heavy atom. The number of alkyl halides is 1. The third kappa shape index (κ3) is 6.81. The van der Waals surface area contributed by atoms with E-state index in [-0.39, 0.29) is 5.91 Å². The van der Waals surface area contributed by atoms with Crippen molar-refractivity contribution in [1.29, 1.82) is 0 Å². The van der Waals surface area contributed by atoms with Crippen LogP contribution in [-0.4, -0.2) is 34.5 Å². The maximum absolute atomic E-state index is 5.54. The van der Waals surface area contributed by atoms with Crippen LogP contribution >= 0.6 is 11.6 Å². The molecule has 0 aliphatic rings. The Morgan fingerprint density at radius 1 is 1.27 bits per heavy atom. The van der Waals surface area contributed by atoms with E-state index in [1.807, 2.05) is 13.8 Å². The third-order valence-electron chi connectivity index (χ3n) is 1.04. The zero-order valence-corrected chi connectivity index (χ0v) is 8.86. The Morgan fingerprint density at radius 3 is 2.18 bits per heavy atom. The van der Waals surface area contributed by atoms with E-state index in [1.54, 1.807) is 0 Å². The van der Waals surface area contributed by atoms with Gasteiger partial charge in [0.15, 0.2) is 0 Å². The SMILES string of the molecule is CCOC(OCC)[Si]CCCl. The summed E-state index contributed by atoms with van der Waals surface area (Å²) in [4.78, 5) is 0. The molecule has 0 aliphatic carbocycles. The second kappa shape index (κ2) is 8.52. The van der Waals surface area contributed by atoms with E-state index in [2.05, 4.69) is 0 Å². The molecule has 0 bridgehead atoms. The van der Waals surface area contributed by atoms with E-state index in [4.69, 9.17) is 21.1 Å². The first kappa shape index (κ1) is 11.4. The number of ether oxygens (including phenoxy) is 2. The second-order valence-electron chi connectivity index (χ2n) is 1.89. The number of hydrogen-bond donors (Lipinski definition) is 0. The lowest BCUT2D eigenvalue weighted by Gasteiger charge is -2.14. The van der Waals surface area contributed by atoms with Gasteiger partial charge in [0, 0.05) is 19.1 Å². The average Bonchev–Trinajstić information content (AvgIpc) is 2.01. The summed E-state index contributed by atoms with van der Waals surface area (Å²) < 4.78 is 10.6. The van der Waals surface area contributed by atoms with Gasteiger partial charge in [0.2, 0.25) is 0 Å². The molecule has 0 spiro atoms. The summed E-state index contributed by atoms with van der Waals surface area (Å²) in [6.07, 6.45) is 0. The number of hydrogen-bond acceptors (Lipinski definition) is 2. The summed E-state index contributed by atoms with van der Waals surface area (Å²) in [5.41, 5.74) is 0. The molecule has 0 rings (SSSR count). The molecule has 0 aromatic rings. The van der Waals surface area contributed by atoms with Gasteiger partial charge in [-0.2, -0.15) is 0 Å². The highest BCUT2D eigenvalue weighted by Crippen LogP contribution is 1.96. The number of rotatable bonds is 7. The number of halogens is 1. The van der Waals surface area contributed by atoms with Crippen LogP contribution in [0.1, 0.15) is 13.8 Å². The standard InChI is InChI=1S/C7H15ClO2Si/c1-3-9-7(10-4-2)11-6-5-8/h7H,3-6H2,1-2H3. The van der Waals surface area contributed by atoms with E-state index in [0.717, 1.165) is 6.04 Å². The van der Waals surface area contributed by atoms with Crippen LogP contribution in [0, 0.1) is 0 Å². The summed E-state index contributed by atoms with van der Waals surface area (Å²) >= 11 is 5.54. The molecule has 4 heteroatoms. The van der Waals surface area contributed by atoms with E-state index in [0.29, 0.717) is 28.6 Å². The van der Waals surface area contributed by atoms with E-state index in [1.165, 1.54) is 0 Å². The van der Waals surface area contributed by atoms with Crippen LogP contribution in [0.25, 0.3) is 0 Å². The first-order valence-electron chi connectivity index (χ1n) is 3.87. The average molecular weight is 195 g/mol. The topological polar surface area (TPSA) is 18.5 Å². The molecule has 0 amide bonds. The molecule has 2 radical (unpaired) electrons. The van der Waals surface area contributed by atoms with Crippen molar-refractivity contribution in [3.63, 3.8) is 0 Å². The van der Waals surface area contributed by atoms with Crippen LogP contribution in [-0.2, 0) is 9.47 Å². The highest BCUT2D eigenvalue weighted by atomic mass is 35.5. The van der Waals surface area contributed by atoms with Crippen LogP contribution in [0.4, 0.5) is 0 Å². The molecule has 0 unspecified atom stereocenters. The minimum absolute atomic E-state index is 0.0243. The van der Waals surface area contributed by atoms with Crippen LogP contribution in [0.5, 0.6) is 0 Å². The van der Waals surface area contributed by atoms with Gasteiger partial charge in [-0.15, -0.1) is 11.6 Å². The molecule has 0 atom stereocenters. The molecule has 0 aromatic carbocycles. The van der Waals surface area contributed by atoms with Crippen molar-refractivity contribution in [1.82, 2.24) is 0 Å². The molecule has 66 valence electrons. The normalized spacial score (nSPS) is 10.9. The minimum Gasteiger partial charge on any atom is -0.357 e. The Labute approximate surface area is 76.0 Å². The van der Waals surface area contributed by atoms with Gasteiger partial charge < -0.3 is 9.47 Å². The molecule has 0 fully saturated rings. The molecule has 2 nitrogen and oxygen atoms in total. The largest absolute Gasteiger partial charge is 0.357 e. The molecular weight excluding hydrogens is 180 g/mol. The molecule has 0 heterocycles. The van der Waals surface area contributed by atoms with E-state index in [9.17, 15) is 0 Å².